The zero-order valence-corrected chi connectivity index (χ0v) is 22.9. The molecule has 3 aromatic rings. The van der Waals surface area contributed by atoms with E-state index in [1.807, 2.05) is 19.9 Å². The number of H-pyrrole nitrogens is 1. The van der Waals surface area contributed by atoms with Crippen LogP contribution in [0.25, 0.3) is 11.3 Å². The van der Waals surface area contributed by atoms with Crippen molar-refractivity contribution in [2.75, 3.05) is 18.1 Å². The number of piperidine rings is 1. The summed E-state index contributed by atoms with van der Waals surface area (Å²) < 4.78 is 6.51. The molecule has 2 aliphatic heterocycles. The number of hydrogen-bond donors (Lipinski definition) is 1. The van der Waals surface area contributed by atoms with Crippen molar-refractivity contribution in [3.63, 3.8) is 0 Å². The number of benzene rings is 2. The van der Waals surface area contributed by atoms with E-state index in [0.717, 1.165) is 54.9 Å². The molecular weight excluding hydrogens is 495 g/mol. The average Bonchev–Trinajstić information content (AvgIpc) is 3.27. The topological polar surface area (TPSA) is 61.5 Å². The van der Waals surface area contributed by atoms with Gasteiger partial charge in [-0.1, -0.05) is 56.5 Å². The van der Waals surface area contributed by atoms with E-state index in [4.69, 9.17) is 27.9 Å². The Kier molecular flexibility index (Phi) is 6.34. The number of ether oxygens (including phenoxy) is 1. The first-order valence-corrected chi connectivity index (χ1v) is 13.2. The van der Waals surface area contributed by atoms with Crippen LogP contribution in [-0.4, -0.2) is 34.2 Å². The number of halogens is 2. The number of hydrazine groups is 1. The fraction of sp³-hybridized carbons (Fsp3) is 0.429. The van der Waals surface area contributed by atoms with Crippen LogP contribution in [0.2, 0.25) is 10.0 Å². The monoisotopic (exact) mass is 526 g/mol. The summed E-state index contributed by atoms with van der Waals surface area (Å²) in [5, 5.41) is 12.4. The zero-order valence-electron chi connectivity index (χ0n) is 21.4. The van der Waals surface area contributed by atoms with E-state index >= 15 is 0 Å². The van der Waals surface area contributed by atoms with Gasteiger partial charge in [0.05, 0.1) is 16.3 Å². The number of nitrogens with zero attached hydrogens (tertiary/aromatic N) is 3. The second-order valence-corrected chi connectivity index (χ2v) is 12.0. The lowest BCUT2D eigenvalue weighted by Crippen LogP contribution is -2.50. The minimum absolute atomic E-state index is 0.0116. The van der Waals surface area contributed by atoms with E-state index in [1.54, 1.807) is 23.2 Å². The highest BCUT2D eigenvalue weighted by Gasteiger charge is 2.42. The third-order valence-corrected chi connectivity index (χ3v) is 7.53. The molecule has 1 saturated heterocycles. The largest absolute Gasteiger partial charge is 0.482 e. The number of carbonyl (C=O) groups excluding carboxylic acids is 1. The van der Waals surface area contributed by atoms with Gasteiger partial charge in [0.25, 0.3) is 5.91 Å². The van der Waals surface area contributed by atoms with Gasteiger partial charge >= 0.3 is 0 Å². The van der Waals surface area contributed by atoms with Gasteiger partial charge < -0.3 is 4.74 Å². The zero-order chi connectivity index (χ0) is 25.8. The highest BCUT2D eigenvalue weighted by molar-refractivity contribution is 6.37. The van der Waals surface area contributed by atoms with Crippen LogP contribution in [0.1, 0.15) is 75.5 Å². The van der Waals surface area contributed by atoms with Crippen molar-refractivity contribution in [3.8, 4) is 17.0 Å². The maximum absolute atomic E-state index is 14.3. The fourth-order valence-corrected chi connectivity index (χ4v) is 5.59. The van der Waals surface area contributed by atoms with Gasteiger partial charge in [-0.2, -0.15) is 5.10 Å². The van der Waals surface area contributed by atoms with Crippen LogP contribution in [0.3, 0.4) is 0 Å². The molecule has 6 nitrogen and oxygen atoms in total. The number of amides is 1. The van der Waals surface area contributed by atoms with Crippen molar-refractivity contribution < 1.29 is 9.53 Å². The van der Waals surface area contributed by atoms with Gasteiger partial charge in [0, 0.05) is 23.7 Å². The number of aromatic nitrogens is 2. The lowest BCUT2D eigenvalue weighted by molar-refractivity contribution is 0.0832. The number of hydrogen-bond acceptors (Lipinski definition) is 4. The standard InChI is InChI=1S/C28H32Cl2N4O2/c1-27(2,3)17-9-11-19-22(15-17)36-28(4,5)23-24(19)31-32-25(23)26(35)34(33-13-7-6-8-14-33)21-12-10-18(29)16-20(21)30/h9-12,15-16H,6-8,13-14H2,1-5H3,(H,31,32). The average molecular weight is 527 g/mol. The molecule has 8 heteroatoms. The van der Waals surface area contributed by atoms with Crippen LogP contribution in [-0.2, 0) is 11.0 Å². The quantitative estimate of drug-likeness (QED) is 0.387. The molecule has 2 aromatic carbocycles. The molecule has 0 radical (unpaired) electrons. The Labute approximate surface area is 222 Å². The third-order valence-electron chi connectivity index (χ3n) is 7.00. The van der Waals surface area contributed by atoms with E-state index in [-0.39, 0.29) is 11.3 Å². The summed E-state index contributed by atoms with van der Waals surface area (Å²) in [5.74, 6) is 0.556. The highest BCUT2D eigenvalue weighted by atomic mass is 35.5. The molecule has 190 valence electrons. The Morgan fingerprint density at radius 1 is 1.08 bits per heavy atom. The first-order valence-electron chi connectivity index (χ1n) is 12.4. The number of nitrogens with one attached hydrogen (secondary N) is 1. The molecule has 0 atom stereocenters. The Balaban J connectivity index is 1.62. The van der Waals surface area contributed by atoms with Crippen LogP contribution < -0.4 is 9.75 Å². The summed E-state index contributed by atoms with van der Waals surface area (Å²) in [6.45, 7) is 12.0. The van der Waals surface area contributed by atoms with Crippen molar-refractivity contribution in [1.29, 1.82) is 0 Å². The summed E-state index contributed by atoms with van der Waals surface area (Å²) in [5.41, 5.74) is 3.76. The molecule has 0 aliphatic carbocycles. The lowest BCUT2D eigenvalue weighted by atomic mass is 9.84. The van der Waals surface area contributed by atoms with E-state index < -0.39 is 5.60 Å². The molecule has 0 saturated carbocycles. The third kappa shape index (κ3) is 4.40. The number of anilines is 1. The Morgan fingerprint density at radius 2 is 1.81 bits per heavy atom. The van der Waals surface area contributed by atoms with Crippen LogP contribution in [0.5, 0.6) is 5.75 Å². The molecule has 2 aliphatic rings. The molecule has 1 amide bonds. The summed E-state index contributed by atoms with van der Waals surface area (Å²) in [7, 11) is 0. The van der Waals surface area contributed by atoms with Gasteiger partial charge in [-0.05, 0) is 68.0 Å². The predicted molar refractivity (Wildman–Crippen MR) is 145 cm³/mol. The molecule has 0 spiro atoms. The molecule has 3 heterocycles. The summed E-state index contributed by atoms with van der Waals surface area (Å²) >= 11 is 12.8. The molecule has 1 fully saturated rings. The highest BCUT2D eigenvalue weighted by Crippen LogP contribution is 2.47. The number of carbonyl (C=O) groups is 1. The van der Waals surface area contributed by atoms with Gasteiger partial charge in [0.15, 0.2) is 0 Å². The van der Waals surface area contributed by atoms with Crippen molar-refractivity contribution in [2.24, 2.45) is 0 Å². The molecular formula is C28H32Cl2N4O2. The van der Waals surface area contributed by atoms with Gasteiger partial charge in [0.2, 0.25) is 0 Å². The van der Waals surface area contributed by atoms with Gasteiger partial charge in [-0.25, -0.2) is 10.0 Å². The molecule has 1 aromatic heterocycles. The van der Waals surface area contributed by atoms with Gasteiger partial charge in [-0.3, -0.25) is 9.89 Å². The van der Waals surface area contributed by atoms with Crippen LogP contribution in [0.15, 0.2) is 36.4 Å². The first kappa shape index (κ1) is 25.1. The maximum Gasteiger partial charge on any atom is 0.291 e. The van der Waals surface area contributed by atoms with Crippen molar-refractivity contribution in [1.82, 2.24) is 15.2 Å². The Hall–Kier alpha value is -2.54. The van der Waals surface area contributed by atoms with E-state index in [0.29, 0.717) is 21.4 Å². The second-order valence-electron chi connectivity index (χ2n) is 11.1. The van der Waals surface area contributed by atoms with Crippen molar-refractivity contribution >= 4 is 34.8 Å². The number of fused-ring (bicyclic) bond motifs is 3. The molecule has 36 heavy (non-hydrogen) atoms. The SMILES string of the molecule is CC(C)(C)c1ccc2c(c1)OC(C)(C)c1c-2n[nH]c1C(=O)N(c1ccc(Cl)cc1Cl)N1CCCCC1. The number of rotatable bonds is 3. The first-order chi connectivity index (χ1) is 17.0. The lowest BCUT2D eigenvalue weighted by Gasteiger charge is -2.38. The van der Waals surface area contributed by atoms with Crippen molar-refractivity contribution in [2.45, 2.75) is 64.9 Å². The minimum atomic E-state index is -0.770. The van der Waals surface area contributed by atoms with Gasteiger partial charge in [0.1, 0.15) is 22.7 Å². The fourth-order valence-electron chi connectivity index (χ4n) is 5.10. The normalized spacial score (nSPS) is 17.2. The molecule has 5 rings (SSSR count). The smallest absolute Gasteiger partial charge is 0.291 e. The number of aromatic amines is 1. The molecule has 0 unspecified atom stereocenters. The Morgan fingerprint density at radius 3 is 2.47 bits per heavy atom. The summed E-state index contributed by atoms with van der Waals surface area (Å²) in [6.07, 6.45) is 3.16. The minimum Gasteiger partial charge on any atom is -0.482 e. The van der Waals surface area contributed by atoms with E-state index in [1.165, 1.54) is 5.56 Å². The second kappa shape index (κ2) is 9.09. The predicted octanol–water partition coefficient (Wildman–Crippen LogP) is 7.36. The van der Waals surface area contributed by atoms with Crippen LogP contribution in [0.4, 0.5) is 5.69 Å². The summed E-state index contributed by atoms with van der Waals surface area (Å²) in [6, 6.07) is 11.5. The molecule has 1 N–H and O–H groups in total. The van der Waals surface area contributed by atoms with Crippen molar-refractivity contribution in [3.05, 3.63) is 63.3 Å². The van der Waals surface area contributed by atoms with Crippen LogP contribution in [0, 0.1) is 0 Å². The maximum atomic E-state index is 14.3. The van der Waals surface area contributed by atoms with E-state index in [9.17, 15) is 4.79 Å². The Bertz CT molecular complexity index is 1320. The van der Waals surface area contributed by atoms with Crippen LogP contribution >= 0.6 is 23.2 Å². The molecule has 0 bridgehead atoms. The van der Waals surface area contributed by atoms with Gasteiger partial charge in [-0.15, -0.1) is 0 Å². The van der Waals surface area contributed by atoms with E-state index in [2.05, 4.69) is 48.1 Å². The summed E-state index contributed by atoms with van der Waals surface area (Å²) in [4.78, 5) is 14.3.